The smallest absolute Gasteiger partial charge is 0.203 e. The lowest BCUT2D eigenvalue weighted by molar-refractivity contribution is 0.415. The first-order chi connectivity index (χ1) is 10.6. The number of ether oxygens (including phenoxy) is 1. The van der Waals surface area contributed by atoms with Crippen LogP contribution < -0.4 is 14.7 Å². The SMILES string of the molecule is COc1ccc(-c2cc(C)c3ccc(=[N+](C)C)cc-3o2)cc1. The predicted octanol–water partition coefficient (Wildman–Crippen LogP) is 3.40. The molecular weight excluding hydrogens is 274 g/mol. The lowest BCUT2D eigenvalue weighted by Crippen LogP contribution is -2.21. The molecule has 112 valence electrons. The molecule has 2 aliphatic rings. The van der Waals surface area contributed by atoms with E-state index in [-0.39, 0.29) is 0 Å². The monoisotopic (exact) mass is 294 g/mol. The van der Waals surface area contributed by atoms with Gasteiger partial charge in [-0.25, -0.2) is 4.58 Å². The summed E-state index contributed by atoms with van der Waals surface area (Å²) in [5.41, 5.74) is 3.39. The van der Waals surface area contributed by atoms with Crippen LogP contribution in [0.15, 0.2) is 52.9 Å². The van der Waals surface area contributed by atoms with Crippen molar-refractivity contribution in [1.29, 1.82) is 0 Å². The van der Waals surface area contributed by atoms with E-state index < -0.39 is 0 Å². The van der Waals surface area contributed by atoms with Gasteiger partial charge in [0.2, 0.25) is 5.36 Å². The highest BCUT2D eigenvalue weighted by molar-refractivity contribution is 5.69. The van der Waals surface area contributed by atoms with Crippen LogP contribution >= 0.6 is 0 Å². The second-order valence-electron chi connectivity index (χ2n) is 5.60. The molecule has 3 rings (SSSR count). The van der Waals surface area contributed by atoms with Gasteiger partial charge in [0, 0.05) is 17.2 Å². The van der Waals surface area contributed by atoms with E-state index in [2.05, 4.69) is 35.8 Å². The molecule has 22 heavy (non-hydrogen) atoms. The average molecular weight is 294 g/mol. The molecule has 0 amide bonds. The highest BCUT2D eigenvalue weighted by Gasteiger charge is 2.12. The Labute approximate surface area is 130 Å². The van der Waals surface area contributed by atoms with Crippen LogP contribution in [0.2, 0.25) is 0 Å². The van der Waals surface area contributed by atoms with Crippen molar-refractivity contribution < 1.29 is 9.15 Å². The first kappa shape index (κ1) is 14.4. The summed E-state index contributed by atoms with van der Waals surface area (Å²) in [5, 5.41) is 1.13. The molecular formula is C19H20NO2+. The highest BCUT2D eigenvalue weighted by Crippen LogP contribution is 2.31. The number of rotatable bonds is 2. The molecule has 0 atom stereocenters. The highest BCUT2D eigenvalue weighted by atomic mass is 16.5. The third-order valence-electron chi connectivity index (χ3n) is 3.85. The van der Waals surface area contributed by atoms with Gasteiger partial charge in [0.05, 0.1) is 13.2 Å². The number of methoxy groups -OCH3 is 1. The summed E-state index contributed by atoms with van der Waals surface area (Å²) in [6, 6.07) is 16.3. The first-order valence-corrected chi connectivity index (χ1v) is 7.28. The molecule has 0 fully saturated rings. The van der Waals surface area contributed by atoms with Gasteiger partial charge in [-0.05, 0) is 48.9 Å². The maximum absolute atomic E-state index is 6.13. The minimum Gasteiger partial charge on any atom is -0.497 e. The van der Waals surface area contributed by atoms with Crippen LogP contribution in [0.4, 0.5) is 0 Å². The van der Waals surface area contributed by atoms with Crippen molar-refractivity contribution in [3.63, 3.8) is 0 Å². The second kappa shape index (κ2) is 5.68. The van der Waals surface area contributed by atoms with E-state index in [1.807, 2.05) is 38.4 Å². The molecule has 0 N–H and O–H groups in total. The van der Waals surface area contributed by atoms with Crippen molar-refractivity contribution in [2.45, 2.75) is 6.92 Å². The summed E-state index contributed by atoms with van der Waals surface area (Å²) >= 11 is 0. The molecule has 3 heteroatoms. The Morgan fingerprint density at radius 2 is 1.64 bits per heavy atom. The molecule has 0 saturated heterocycles. The van der Waals surface area contributed by atoms with E-state index in [0.29, 0.717) is 0 Å². The molecule has 0 aromatic heterocycles. The van der Waals surface area contributed by atoms with Gasteiger partial charge in [-0.1, -0.05) is 0 Å². The van der Waals surface area contributed by atoms with Crippen molar-refractivity contribution in [2.24, 2.45) is 0 Å². The lowest BCUT2D eigenvalue weighted by Gasteiger charge is -2.11. The third-order valence-corrected chi connectivity index (χ3v) is 3.85. The number of fused-ring (bicyclic) bond motifs is 1. The molecule has 1 aliphatic heterocycles. The van der Waals surface area contributed by atoms with Gasteiger partial charge in [-0.15, -0.1) is 0 Å². The topological polar surface area (TPSA) is 25.4 Å². The zero-order valence-corrected chi connectivity index (χ0v) is 13.4. The van der Waals surface area contributed by atoms with Crippen LogP contribution in [0.25, 0.3) is 22.6 Å². The Hall–Kier alpha value is -2.55. The molecule has 1 aromatic rings. The van der Waals surface area contributed by atoms with Gasteiger partial charge in [0.15, 0.2) is 0 Å². The Kier molecular flexibility index (Phi) is 3.72. The lowest BCUT2D eigenvalue weighted by atomic mass is 10.0. The first-order valence-electron chi connectivity index (χ1n) is 7.28. The van der Waals surface area contributed by atoms with Crippen molar-refractivity contribution in [3.05, 3.63) is 59.5 Å². The van der Waals surface area contributed by atoms with Crippen molar-refractivity contribution in [1.82, 2.24) is 4.58 Å². The maximum Gasteiger partial charge on any atom is 0.203 e. The van der Waals surface area contributed by atoms with Gasteiger partial charge >= 0.3 is 0 Å². The number of aryl methyl sites for hydroxylation is 1. The van der Waals surface area contributed by atoms with E-state index in [9.17, 15) is 0 Å². The predicted molar refractivity (Wildman–Crippen MR) is 89.2 cm³/mol. The summed E-state index contributed by atoms with van der Waals surface area (Å²) in [5.74, 6) is 2.61. The molecule has 1 heterocycles. The Morgan fingerprint density at radius 1 is 0.909 bits per heavy atom. The van der Waals surface area contributed by atoms with Gasteiger partial charge in [-0.2, -0.15) is 0 Å². The summed E-state index contributed by atoms with van der Waals surface area (Å²) < 4.78 is 13.4. The van der Waals surface area contributed by atoms with Crippen molar-refractivity contribution in [3.8, 4) is 28.4 Å². The van der Waals surface area contributed by atoms with Crippen LogP contribution in [0.5, 0.6) is 5.75 Å². The minimum atomic E-state index is 0.844. The molecule has 0 radical (unpaired) electrons. The van der Waals surface area contributed by atoms with Crippen LogP contribution in [0, 0.1) is 6.92 Å². The summed E-state index contributed by atoms with van der Waals surface area (Å²) in [6.07, 6.45) is 0. The zero-order chi connectivity index (χ0) is 15.7. The van der Waals surface area contributed by atoms with Crippen LogP contribution in [-0.2, 0) is 0 Å². The maximum atomic E-state index is 6.13. The van der Waals surface area contributed by atoms with Gasteiger partial charge in [0.1, 0.15) is 31.4 Å². The quantitative estimate of drug-likeness (QED) is 0.677. The van der Waals surface area contributed by atoms with Gasteiger partial charge in [-0.3, -0.25) is 0 Å². The molecule has 1 aromatic carbocycles. The second-order valence-corrected chi connectivity index (χ2v) is 5.60. The third kappa shape index (κ3) is 2.62. The van der Waals surface area contributed by atoms with Crippen LogP contribution in [0.3, 0.4) is 0 Å². The number of hydrogen-bond donors (Lipinski definition) is 0. The molecule has 0 unspecified atom stereocenters. The van der Waals surface area contributed by atoms with Crippen LogP contribution in [-0.4, -0.2) is 21.2 Å². The van der Waals surface area contributed by atoms with E-state index in [4.69, 9.17) is 9.15 Å². The van der Waals surface area contributed by atoms with Crippen molar-refractivity contribution >= 4 is 0 Å². The molecule has 3 nitrogen and oxygen atoms in total. The van der Waals surface area contributed by atoms with Crippen molar-refractivity contribution in [2.75, 3.05) is 21.2 Å². The fourth-order valence-corrected chi connectivity index (χ4v) is 2.52. The largest absolute Gasteiger partial charge is 0.497 e. The summed E-state index contributed by atoms with van der Waals surface area (Å²) in [4.78, 5) is 0. The fraction of sp³-hybridized carbons (Fsp3) is 0.211. The normalized spacial score (nSPS) is 10.7. The van der Waals surface area contributed by atoms with E-state index in [0.717, 1.165) is 33.8 Å². The molecule has 1 aliphatic carbocycles. The van der Waals surface area contributed by atoms with Gasteiger partial charge in [0.25, 0.3) is 0 Å². The fourth-order valence-electron chi connectivity index (χ4n) is 2.52. The number of hydrogen-bond acceptors (Lipinski definition) is 2. The van der Waals surface area contributed by atoms with E-state index in [1.165, 1.54) is 5.56 Å². The molecule has 0 bridgehead atoms. The molecule has 0 spiro atoms. The van der Waals surface area contributed by atoms with E-state index in [1.54, 1.807) is 7.11 Å². The Balaban J connectivity index is 2.18. The van der Waals surface area contributed by atoms with Crippen LogP contribution in [0.1, 0.15) is 5.56 Å². The average Bonchev–Trinajstić information content (AvgIpc) is 2.54. The van der Waals surface area contributed by atoms with Gasteiger partial charge < -0.3 is 9.15 Å². The number of benzene rings is 2. The Bertz CT molecular complexity index is 840. The summed E-state index contributed by atoms with van der Waals surface area (Å²) in [7, 11) is 5.73. The van der Waals surface area contributed by atoms with E-state index >= 15 is 0 Å². The molecule has 0 saturated carbocycles. The standard InChI is InChI=1S/C19H20NO2/c1-13-11-18(14-5-8-16(21-4)9-6-14)22-19-12-15(20(2)3)7-10-17(13)19/h5-12H,1-4H3/q+1. The zero-order valence-electron chi connectivity index (χ0n) is 13.4. The minimum absolute atomic E-state index is 0.844. The Morgan fingerprint density at radius 3 is 2.27 bits per heavy atom. The summed E-state index contributed by atoms with van der Waals surface area (Å²) in [6.45, 7) is 2.11. The number of nitrogens with zero attached hydrogens (tertiary/aromatic N) is 1.